The zero-order valence-electron chi connectivity index (χ0n) is 11.3. The monoisotopic (exact) mass is 404 g/mol. The highest BCUT2D eigenvalue weighted by Gasteiger charge is 2.21. The highest BCUT2D eigenvalue weighted by molar-refractivity contribution is 14.1. The molecule has 2 aromatic rings. The van der Waals surface area contributed by atoms with Gasteiger partial charge < -0.3 is 9.30 Å². The maximum absolute atomic E-state index is 5.89. The molecule has 3 nitrogen and oxygen atoms in total. The summed E-state index contributed by atoms with van der Waals surface area (Å²) in [5, 5.41) is 0. The highest BCUT2D eigenvalue weighted by atomic mass is 127. The summed E-state index contributed by atoms with van der Waals surface area (Å²) in [5.41, 5.74) is 2.24. The molecule has 0 N–H and O–H groups in total. The second kappa shape index (κ2) is 6.62. The van der Waals surface area contributed by atoms with Crippen molar-refractivity contribution >= 4 is 45.2 Å². The molecular formula is C15H18ClIN2O. The number of hydrogen-bond donors (Lipinski definition) is 0. The van der Waals surface area contributed by atoms with Crippen LogP contribution in [0.3, 0.4) is 0 Å². The number of aromatic nitrogens is 2. The van der Waals surface area contributed by atoms with Gasteiger partial charge in [0.25, 0.3) is 0 Å². The minimum absolute atomic E-state index is 0.601. The van der Waals surface area contributed by atoms with E-state index in [-0.39, 0.29) is 0 Å². The van der Waals surface area contributed by atoms with Crippen LogP contribution in [-0.2, 0) is 17.7 Å². The fourth-order valence-electron chi connectivity index (χ4n) is 2.37. The number of ether oxygens (including phenoxy) is 1. The summed E-state index contributed by atoms with van der Waals surface area (Å²) in [6.45, 7) is 2.52. The lowest BCUT2D eigenvalue weighted by Gasteiger charge is -2.09. The summed E-state index contributed by atoms with van der Waals surface area (Å²) in [6, 6.07) is 6.38. The molecule has 1 aromatic heterocycles. The Kier molecular flexibility index (Phi) is 4.83. The smallest absolute Gasteiger partial charge is 0.111 e. The molecule has 0 radical (unpaired) electrons. The summed E-state index contributed by atoms with van der Waals surface area (Å²) in [6.07, 6.45) is 3.48. The van der Waals surface area contributed by atoms with Crippen LogP contribution < -0.4 is 0 Å². The van der Waals surface area contributed by atoms with Crippen LogP contribution in [0.2, 0.25) is 0 Å². The van der Waals surface area contributed by atoms with E-state index in [1.54, 1.807) is 0 Å². The van der Waals surface area contributed by atoms with E-state index in [1.165, 1.54) is 21.9 Å². The van der Waals surface area contributed by atoms with Gasteiger partial charge in [-0.1, -0.05) is 0 Å². The van der Waals surface area contributed by atoms with E-state index >= 15 is 0 Å². The van der Waals surface area contributed by atoms with Crippen LogP contribution in [0.5, 0.6) is 0 Å². The number of alkyl halides is 1. The number of imidazole rings is 1. The van der Waals surface area contributed by atoms with Crippen molar-refractivity contribution < 1.29 is 4.74 Å². The molecule has 3 rings (SSSR count). The number of nitrogens with zero attached hydrogens (tertiary/aromatic N) is 2. The molecule has 1 aliphatic carbocycles. The van der Waals surface area contributed by atoms with Crippen molar-refractivity contribution in [1.29, 1.82) is 0 Å². The Morgan fingerprint density at radius 3 is 3.00 bits per heavy atom. The molecule has 0 atom stereocenters. The standard InChI is InChI=1S/C15H18ClIN2O/c16-6-5-15-18-13-9-12(17)3-4-14(13)19(15)7-8-20-10-11-1-2-11/h3-4,9,11H,1-2,5-8,10H2. The lowest BCUT2D eigenvalue weighted by molar-refractivity contribution is 0.117. The molecule has 1 fully saturated rings. The molecule has 0 unspecified atom stereocenters. The maximum atomic E-state index is 5.89. The minimum atomic E-state index is 0.601. The van der Waals surface area contributed by atoms with Gasteiger partial charge in [0.1, 0.15) is 5.82 Å². The molecular weight excluding hydrogens is 387 g/mol. The van der Waals surface area contributed by atoms with E-state index in [9.17, 15) is 0 Å². The van der Waals surface area contributed by atoms with Crippen LogP contribution in [0.25, 0.3) is 11.0 Å². The topological polar surface area (TPSA) is 27.1 Å². The quantitative estimate of drug-likeness (QED) is 0.398. The Labute approximate surface area is 137 Å². The van der Waals surface area contributed by atoms with Gasteiger partial charge in [-0.05, 0) is 59.5 Å². The molecule has 5 heteroatoms. The summed E-state index contributed by atoms with van der Waals surface area (Å²) in [4.78, 5) is 4.71. The Morgan fingerprint density at radius 1 is 1.40 bits per heavy atom. The largest absolute Gasteiger partial charge is 0.379 e. The SMILES string of the molecule is ClCCc1nc2cc(I)ccc2n1CCOCC1CC1. The second-order valence-electron chi connectivity index (χ2n) is 5.27. The molecule has 0 aliphatic heterocycles. The summed E-state index contributed by atoms with van der Waals surface area (Å²) >= 11 is 8.21. The van der Waals surface area contributed by atoms with Crippen LogP contribution in [0, 0.1) is 9.49 Å². The number of aryl methyl sites for hydroxylation is 1. The molecule has 0 amide bonds. The third-order valence-corrected chi connectivity index (χ3v) is 4.48. The van der Waals surface area contributed by atoms with Gasteiger partial charge in [-0.2, -0.15) is 0 Å². The van der Waals surface area contributed by atoms with E-state index in [1.807, 2.05) is 0 Å². The predicted molar refractivity (Wildman–Crippen MR) is 90.4 cm³/mol. The van der Waals surface area contributed by atoms with Gasteiger partial charge in [-0.3, -0.25) is 0 Å². The summed E-state index contributed by atoms with van der Waals surface area (Å²) < 4.78 is 9.21. The first-order chi connectivity index (χ1) is 9.78. The van der Waals surface area contributed by atoms with Crippen LogP contribution in [0.15, 0.2) is 18.2 Å². The first-order valence-corrected chi connectivity index (χ1v) is 8.67. The first-order valence-electron chi connectivity index (χ1n) is 7.06. The van der Waals surface area contributed by atoms with Crippen LogP contribution >= 0.6 is 34.2 Å². The van der Waals surface area contributed by atoms with Crippen LogP contribution in [0.4, 0.5) is 0 Å². The van der Waals surface area contributed by atoms with Gasteiger partial charge in [-0.15, -0.1) is 11.6 Å². The molecule has 1 saturated carbocycles. The van der Waals surface area contributed by atoms with Crippen molar-refractivity contribution in [3.8, 4) is 0 Å². The third-order valence-electron chi connectivity index (χ3n) is 3.62. The van der Waals surface area contributed by atoms with E-state index in [0.29, 0.717) is 5.88 Å². The molecule has 108 valence electrons. The van der Waals surface area contributed by atoms with Crippen LogP contribution in [-0.4, -0.2) is 28.6 Å². The maximum Gasteiger partial charge on any atom is 0.111 e. The van der Waals surface area contributed by atoms with Crippen molar-refractivity contribution in [2.75, 3.05) is 19.1 Å². The molecule has 20 heavy (non-hydrogen) atoms. The zero-order chi connectivity index (χ0) is 13.9. The van der Waals surface area contributed by atoms with E-state index in [2.05, 4.69) is 45.4 Å². The fourth-order valence-corrected chi connectivity index (χ4v) is 3.01. The van der Waals surface area contributed by atoms with E-state index in [0.717, 1.165) is 43.4 Å². The lowest BCUT2D eigenvalue weighted by Crippen LogP contribution is -2.11. The summed E-state index contributed by atoms with van der Waals surface area (Å²) in [7, 11) is 0. The van der Waals surface area contributed by atoms with E-state index < -0.39 is 0 Å². The number of fused-ring (bicyclic) bond motifs is 1. The molecule has 1 aliphatic rings. The molecule has 1 heterocycles. The fraction of sp³-hybridized carbons (Fsp3) is 0.533. The van der Waals surface area contributed by atoms with Gasteiger partial charge >= 0.3 is 0 Å². The second-order valence-corrected chi connectivity index (χ2v) is 6.89. The van der Waals surface area contributed by atoms with Gasteiger partial charge in [0, 0.05) is 29.0 Å². The molecule has 0 saturated heterocycles. The molecule has 0 bridgehead atoms. The van der Waals surface area contributed by atoms with Crippen molar-refractivity contribution in [1.82, 2.24) is 9.55 Å². The van der Waals surface area contributed by atoms with Crippen molar-refractivity contribution in [2.24, 2.45) is 5.92 Å². The normalized spacial score (nSPS) is 15.1. The minimum Gasteiger partial charge on any atom is -0.379 e. The molecule has 0 spiro atoms. The Bertz CT molecular complexity index is 595. The van der Waals surface area contributed by atoms with Gasteiger partial charge in [0.2, 0.25) is 0 Å². The highest BCUT2D eigenvalue weighted by Crippen LogP contribution is 2.28. The number of hydrogen-bond acceptors (Lipinski definition) is 2. The number of halogens is 2. The van der Waals surface area contributed by atoms with E-state index in [4.69, 9.17) is 21.3 Å². The van der Waals surface area contributed by atoms with Crippen molar-refractivity contribution in [3.63, 3.8) is 0 Å². The average molecular weight is 405 g/mol. The number of benzene rings is 1. The van der Waals surface area contributed by atoms with Gasteiger partial charge in [0.05, 0.1) is 17.6 Å². The lowest BCUT2D eigenvalue weighted by atomic mass is 10.3. The van der Waals surface area contributed by atoms with Gasteiger partial charge in [0.15, 0.2) is 0 Å². The number of rotatable bonds is 7. The van der Waals surface area contributed by atoms with Crippen molar-refractivity contribution in [3.05, 3.63) is 27.6 Å². The third kappa shape index (κ3) is 3.46. The average Bonchev–Trinajstić information content (AvgIpc) is 3.19. The van der Waals surface area contributed by atoms with Gasteiger partial charge in [-0.25, -0.2) is 4.98 Å². The Balaban J connectivity index is 1.76. The van der Waals surface area contributed by atoms with Crippen molar-refractivity contribution in [2.45, 2.75) is 25.8 Å². The molecule has 1 aromatic carbocycles. The Hall–Kier alpha value is -0.330. The predicted octanol–water partition coefficient (Wildman–Crippen LogP) is 3.85. The first kappa shape index (κ1) is 14.6. The zero-order valence-corrected chi connectivity index (χ0v) is 14.2. The van der Waals surface area contributed by atoms with Crippen LogP contribution in [0.1, 0.15) is 18.7 Å². The Morgan fingerprint density at radius 2 is 2.25 bits per heavy atom. The summed E-state index contributed by atoms with van der Waals surface area (Å²) in [5.74, 6) is 2.48.